The molecule has 1 aliphatic heterocycles. The molecular formula is C75H81F3N10O16. The Kier molecular flexibility index (Phi) is 27.8. The largest absolute Gasteiger partial charge is 0.497 e. The van der Waals surface area contributed by atoms with Crippen molar-refractivity contribution in [2.75, 3.05) is 19.2 Å². The number of nitrogens with zero attached hydrogens (tertiary/aromatic N) is 1. The summed E-state index contributed by atoms with van der Waals surface area (Å²) < 4.78 is 61.4. The number of amides is 9. The fourth-order valence-corrected chi connectivity index (χ4v) is 10.2. The normalized spacial score (nSPS) is 12.4. The molecule has 2 aromatic heterocycles. The van der Waals surface area contributed by atoms with Crippen molar-refractivity contribution in [3.05, 3.63) is 237 Å². The molecule has 0 aliphatic carbocycles. The van der Waals surface area contributed by atoms with Crippen LogP contribution in [0.3, 0.4) is 0 Å². The Morgan fingerprint density at radius 2 is 1.03 bits per heavy atom. The summed E-state index contributed by atoms with van der Waals surface area (Å²) in [4.78, 5) is 94.4. The molecule has 1 aliphatic rings. The lowest BCUT2D eigenvalue weighted by molar-refractivity contribution is -0.137. The van der Waals surface area contributed by atoms with Gasteiger partial charge < -0.3 is 49.8 Å². The van der Waals surface area contributed by atoms with E-state index in [4.69, 9.17) is 39.5 Å². The molecule has 0 spiro atoms. The molecule has 0 saturated heterocycles. The lowest BCUT2D eigenvalue weighted by Gasteiger charge is -2.22. The second kappa shape index (κ2) is 36.5. The van der Waals surface area contributed by atoms with Gasteiger partial charge in [0.2, 0.25) is 18.6 Å². The van der Waals surface area contributed by atoms with Crippen molar-refractivity contribution in [2.24, 2.45) is 12.5 Å². The van der Waals surface area contributed by atoms with Crippen molar-refractivity contribution in [2.45, 2.75) is 98.1 Å². The quantitative estimate of drug-likeness (QED) is 0.0249. The molecule has 9 amide bonds. The summed E-state index contributed by atoms with van der Waals surface area (Å²) in [5.74, 6) is -0.356. The van der Waals surface area contributed by atoms with Crippen molar-refractivity contribution < 1.29 is 91.0 Å². The molecule has 0 saturated carbocycles. The Morgan fingerprint density at radius 1 is 0.529 bits per heavy atom. The van der Waals surface area contributed by atoms with Gasteiger partial charge >= 0.3 is 12.2 Å². The SMILES string of the molecule is CC(NC(=O)Nc1ccc2c(c1)OCO2)c1ccc(C(=O)NO)cc1.CC(NC(=O)c1cc2oc(-c3ccc(C(F)(F)F)cc3)cc2n1C)c1cccc(C(=O)NO)c1.COc1ccc(CCCC(=O)NC(C)c2ccc(C(=O)NO)cc2)cc1.C[C@@H](NC(=O)C(C)(C)C)c1ccc(C(=O)NO)cc1. The third-order valence-corrected chi connectivity index (χ3v) is 16.3. The van der Waals surface area contributed by atoms with Crippen LogP contribution in [0.1, 0.15) is 171 Å². The van der Waals surface area contributed by atoms with Gasteiger partial charge in [0, 0.05) is 70.6 Å². The van der Waals surface area contributed by atoms with E-state index in [0.717, 1.165) is 47.4 Å². The molecule has 29 heteroatoms. The number of alkyl halides is 3. The predicted molar refractivity (Wildman–Crippen MR) is 376 cm³/mol. The zero-order chi connectivity index (χ0) is 76.0. The van der Waals surface area contributed by atoms with Crippen LogP contribution in [0.5, 0.6) is 17.2 Å². The van der Waals surface area contributed by atoms with E-state index >= 15 is 0 Å². The van der Waals surface area contributed by atoms with Crippen molar-refractivity contribution in [3.63, 3.8) is 0 Å². The van der Waals surface area contributed by atoms with E-state index in [1.165, 1.54) is 23.8 Å². The van der Waals surface area contributed by atoms with E-state index in [0.29, 0.717) is 74.0 Å². The number of hydroxylamine groups is 4. The molecule has 548 valence electrons. The van der Waals surface area contributed by atoms with Crippen LogP contribution in [0.15, 0.2) is 180 Å². The molecule has 13 N–H and O–H groups in total. The van der Waals surface area contributed by atoms with Crippen LogP contribution < -0.4 is 62.7 Å². The Labute approximate surface area is 596 Å². The molecule has 3 heterocycles. The Hall–Kier alpha value is -12.1. The highest BCUT2D eigenvalue weighted by atomic mass is 19.4. The zero-order valence-corrected chi connectivity index (χ0v) is 58.1. The van der Waals surface area contributed by atoms with Gasteiger partial charge in [-0.15, -0.1) is 0 Å². The van der Waals surface area contributed by atoms with Crippen LogP contribution in [0.25, 0.3) is 22.4 Å². The molecule has 4 atom stereocenters. The Balaban J connectivity index is 0.000000198. The fraction of sp³-hybridized carbons (Fsp3) is 0.253. The maximum absolute atomic E-state index is 12.9. The molecule has 10 rings (SSSR count). The van der Waals surface area contributed by atoms with Crippen LogP contribution in [0, 0.1) is 5.41 Å². The number of carbonyl (C=O) groups excluding carboxylic acids is 8. The average Bonchev–Trinajstić information content (AvgIpc) is 1.62. The van der Waals surface area contributed by atoms with Gasteiger partial charge in [0.25, 0.3) is 29.5 Å². The fourth-order valence-electron chi connectivity index (χ4n) is 10.2. The molecule has 26 nitrogen and oxygen atoms in total. The summed E-state index contributed by atoms with van der Waals surface area (Å²) in [6, 6.07) is 45.9. The van der Waals surface area contributed by atoms with E-state index < -0.39 is 46.8 Å². The van der Waals surface area contributed by atoms with Gasteiger partial charge in [0.15, 0.2) is 17.1 Å². The number of benzene rings is 7. The summed E-state index contributed by atoms with van der Waals surface area (Å²) in [5, 5.41) is 48.8. The summed E-state index contributed by atoms with van der Waals surface area (Å²) in [6.45, 7) is 13.1. The van der Waals surface area contributed by atoms with E-state index in [-0.39, 0.29) is 54.2 Å². The molecule has 0 bridgehead atoms. The molecular weight excluding hydrogens is 1350 g/mol. The summed E-state index contributed by atoms with van der Waals surface area (Å²) in [6.07, 6.45) is -2.38. The minimum atomic E-state index is -4.42. The number of urea groups is 1. The Bertz CT molecular complexity index is 4450. The first kappa shape index (κ1) is 79.3. The molecule has 104 heavy (non-hydrogen) atoms. The first-order chi connectivity index (χ1) is 49.4. The van der Waals surface area contributed by atoms with Gasteiger partial charge in [-0.3, -0.25) is 54.4 Å². The summed E-state index contributed by atoms with van der Waals surface area (Å²) >= 11 is 0. The van der Waals surface area contributed by atoms with Gasteiger partial charge in [-0.1, -0.05) is 93.6 Å². The average molecular weight is 1440 g/mol. The van der Waals surface area contributed by atoms with Crippen molar-refractivity contribution >= 4 is 64.2 Å². The van der Waals surface area contributed by atoms with Gasteiger partial charge in [-0.25, -0.2) is 26.7 Å². The monoisotopic (exact) mass is 1430 g/mol. The highest BCUT2D eigenvalue weighted by Gasteiger charge is 2.31. The number of anilines is 1. The van der Waals surface area contributed by atoms with E-state index in [9.17, 15) is 51.5 Å². The number of methoxy groups -OCH3 is 1. The van der Waals surface area contributed by atoms with Crippen molar-refractivity contribution in [1.29, 1.82) is 0 Å². The number of hydrogen-bond acceptors (Lipinski definition) is 16. The number of ether oxygens (including phenoxy) is 3. The maximum atomic E-state index is 12.9. The van der Waals surface area contributed by atoms with Crippen LogP contribution in [-0.2, 0) is 29.2 Å². The highest BCUT2D eigenvalue weighted by molar-refractivity contribution is 5.99. The van der Waals surface area contributed by atoms with Crippen molar-refractivity contribution in [1.82, 2.24) is 47.8 Å². The third kappa shape index (κ3) is 22.2. The zero-order valence-electron chi connectivity index (χ0n) is 58.1. The molecule has 0 radical (unpaired) electrons. The summed E-state index contributed by atoms with van der Waals surface area (Å²) in [7, 11) is 3.32. The molecule has 9 aromatic rings. The molecule has 7 aromatic carbocycles. The standard InChI is InChI=1S/C24H20F3N3O4.C20H24N2O4.C17H17N3O5.C14H20N2O3/c1-13(15-4-3-5-16(10-15)22(31)29-33)28-23(32)19-12-21-18(30(19)2)11-20(34-21)14-6-8-17(9-7-14)24(25,26)27;1-14(16-8-10-17(11-9-16)20(24)22-25)21-19(23)5-3-4-15-6-12-18(26-2)13-7-15;1-10(11-2-4-12(5-3-11)16(21)20-23)18-17(22)19-13-6-7-14-15(8-13)25-9-24-14;1-9(15-13(18)14(2,3)4)10-5-7-11(8-6-10)12(17)16-19/h3-13,33H,1-2H3,(H,28,32)(H,29,31);6-14,25H,3-5H2,1-2H3,(H,21,23)(H,22,24);2-8,10,23H,9H2,1H3,(H,20,21)(H2,18,19,22);5-9,19H,1-4H3,(H,15,18)(H,16,17)/t;;;9-/m...1/s1. The maximum Gasteiger partial charge on any atom is 0.416 e. The minimum Gasteiger partial charge on any atom is -0.497 e. The number of rotatable bonds is 20. The number of nitrogens with one attached hydrogen (secondary N) is 9. The number of aromatic nitrogens is 1. The van der Waals surface area contributed by atoms with Crippen molar-refractivity contribution in [3.8, 4) is 28.6 Å². The van der Waals surface area contributed by atoms with Crippen LogP contribution in [0.4, 0.5) is 23.7 Å². The Morgan fingerprint density at radius 3 is 1.53 bits per heavy atom. The number of carbonyl (C=O) groups is 8. The third-order valence-electron chi connectivity index (χ3n) is 16.3. The van der Waals surface area contributed by atoms with Gasteiger partial charge in [0.1, 0.15) is 17.2 Å². The smallest absolute Gasteiger partial charge is 0.416 e. The first-order valence-corrected chi connectivity index (χ1v) is 32.4. The number of hydrogen-bond donors (Lipinski definition) is 13. The summed E-state index contributed by atoms with van der Waals surface area (Å²) in [5.41, 5.74) is 13.2. The molecule has 0 fully saturated rings. The first-order valence-electron chi connectivity index (χ1n) is 32.4. The molecule has 3 unspecified atom stereocenters. The lowest BCUT2D eigenvalue weighted by Crippen LogP contribution is -2.36. The second-order valence-electron chi connectivity index (χ2n) is 24.8. The second-order valence-corrected chi connectivity index (χ2v) is 24.8. The van der Waals surface area contributed by atoms with E-state index in [1.54, 1.807) is 169 Å². The lowest BCUT2D eigenvalue weighted by atomic mass is 9.94. The number of aryl methyl sites for hydroxylation is 2. The number of halogens is 3. The van der Waals surface area contributed by atoms with Crippen LogP contribution in [-0.4, -0.2) is 86.7 Å². The topological polar surface area (TPSA) is 372 Å². The number of fused-ring (bicyclic) bond motifs is 2. The van der Waals surface area contributed by atoms with Gasteiger partial charge in [0.05, 0.1) is 42.4 Å². The predicted octanol–water partition coefficient (Wildman–Crippen LogP) is 12.5. The minimum absolute atomic E-state index is 0.0109. The number of furan rings is 1. The van der Waals surface area contributed by atoms with E-state index in [1.807, 2.05) is 65.8 Å². The highest BCUT2D eigenvalue weighted by Crippen LogP contribution is 2.36. The van der Waals surface area contributed by atoms with Gasteiger partial charge in [-0.05, 0) is 153 Å². The van der Waals surface area contributed by atoms with E-state index in [2.05, 4.69) is 26.6 Å². The van der Waals surface area contributed by atoms with Crippen LogP contribution >= 0.6 is 0 Å². The van der Waals surface area contributed by atoms with Gasteiger partial charge in [-0.2, -0.15) is 13.2 Å². The van der Waals surface area contributed by atoms with Crippen LogP contribution in [0.2, 0.25) is 0 Å².